The van der Waals surface area contributed by atoms with Gasteiger partial charge in [-0.05, 0) is 53.6 Å². The van der Waals surface area contributed by atoms with Crippen LogP contribution >= 0.6 is 0 Å². The molecular weight excluding hydrogens is 437 g/mol. The van der Waals surface area contributed by atoms with Gasteiger partial charge in [-0.3, -0.25) is 0 Å². The zero-order chi connectivity index (χ0) is 23.5. The Labute approximate surface area is 180 Å². The van der Waals surface area contributed by atoms with Crippen LogP contribution in [-0.2, 0) is 6.42 Å². The Hall–Kier alpha value is -2.77. The summed E-state index contributed by atoms with van der Waals surface area (Å²) < 4.78 is 98.5. The number of hydrogen-bond acceptors (Lipinski definition) is 1. The normalized spacial score (nSPS) is 11.9. The van der Waals surface area contributed by atoms with Crippen molar-refractivity contribution in [1.82, 2.24) is 0 Å². The Kier molecular flexibility index (Phi) is 7.31. The van der Waals surface area contributed by atoms with Crippen molar-refractivity contribution in [2.24, 2.45) is 0 Å². The minimum Gasteiger partial charge on any atom is -0.399 e. The number of alkyl halides is 3. The number of ether oxygens (including phenoxy) is 1. The van der Waals surface area contributed by atoms with E-state index in [4.69, 9.17) is 0 Å². The van der Waals surface area contributed by atoms with Crippen molar-refractivity contribution in [2.75, 3.05) is 0 Å². The molecule has 0 unspecified atom stereocenters. The van der Waals surface area contributed by atoms with E-state index >= 15 is 0 Å². The van der Waals surface area contributed by atoms with Crippen LogP contribution in [-0.4, -0.2) is 6.36 Å². The van der Waals surface area contributed by atoms with E-state index in [0.717, 1.165) is 50.3 Å². The lowest BCUT2D eigenvalue weighted by atomic mass is 9.97. The number of rotatable bonds is 8. The lowest BCUT2D eigenvalue weighted by Gasteiger charge is -2.13. The number of unbranched alkanes of at least 4 members (excludes halogenated alkanes) is 4. The molecule has 0 heterocycles. The predicted octanol–water partition coefficient (Wildman–Crippen LogP) is 8.47. The summed E-state index contributed by atoms with van der Waals surface area (Å²) in [6, 6.07) is 6.39. The first kappa shape index (κ1) is 23.9. The Morgan fingerprint density at radius 3 is 2.06 bits per heavy atom. The van der Waals surface area contributed by atoms with Gasteiger partial charge in [0.15, 0.2) is 11.6 Å². The highest BCUT2D eigenvalue weighted by atomic mass is 19.4. The molecule has 0 saturated carbocycles. The molecule has 0 atom stereocenters. The second-order valence-corrected chi connectivity index (χ2v) is 7.58. The Bertz CT molecular complexity index is 1080. The second kappa shape index (κ2) is 9.79. The summed E-state index contributed by atoms with van der Waals surface area (Å²) in [5.74, 6) is -6.37. The molecule has 0 amide bonds. The maximum atomic E-state index is 14.7. The molecule has 0 aliphatic heterocycles. The van der Waals surface area contributed by atoms with Crippen LogP contribution in [0.4, 0.5) is 30.7 Å². The number of benzene rings is 3. The van der Waals surface area contributed by atoms with E-state index in [9.17, 15) is 30.7 Å². The Morgan fingerprint density at radius 1 is 0.781 bits per heavy atom. The first-order chi connectivity index (χ1) is 15.1. The smallest absolute Gasteiger partial charge is 0.399 e. The molecule has 32 heavy (non-hydrogen) atoms. The third-order valence-electron chi connectivity index (χ3n) is 5.16. The first-order valence-corrected chi connectivity index (χ1v) is 10.3. The van der Waals surface area contributed by atoms with Crippen molar-refractivity contribution in [3.63, 3.8) is 0 Å². The molecule has 1 nitrogen and oxygen atoms in total. The summed E-state index contributed by atoms with van der Waals surface area (Å²) in [4.78, 5) is 0. The molecule has 3 aromatic carbocycles. The monoisotopic (exact) mass is 458 g/mol. The van der Waals surface area contributed by atoms with Gasteiger partial charge in [0.2, 0.25) is 5.75 Å². The minimum absolute atomic E-state index is 0.00489. The predicted molar refractivity (Wildman–Crippen MR) is 108 cm³/mol. The van der Waals surface area contributed by atoms with Crippen LogP contribution in [0.25, 0.3) is 21.9 Å². The van der Waals surface area contributed by atoms with E-state index < -0.39 is 35.4 Å². The van der Waals surface area contributed by atoms with E-state index in [1.54, 1.807) is 0 Å². The minimum atomic E-state index is -5.28. The SMILES string of the molecule is CCCCCCCc1cc(F)c(-c2ccc3c(F)c(OC(F)(F)F)c(F)cc3c2)c(F)c1. The largest absolute Gasteiger partial charge is 0.573 e. The molecule has 0 saturated heterocycles. The van der Waals surface area contributed by atoms with E-state index in [0.29, 0.717) is 18.1 Å². The number of fused-ring (bicyclic) bond motifs is 1. The van der Waals surface area contributed by atoms with E-state index in [1.165, 1.54) is 12.1 Å². The molecular formula is C24H21F7O. The van der Waals surface area contributed by atoms with Crippen LogP contribution in [0.15, 0.2) is 36.4 Å². The average molecular weight is 458 g/mol. The van der Waals surface area contributed by atoms with Crippen molar-refractivity contribution in [3.05, 3.63) is 65.2 Å². The zero-order valence-corrected chi connectivity index (χ0v) is 17.3. The van der Waals surface area contributed by atoms with Crippen LogP contribution in [0.3, 0.4) is 0 Å². The maximum absolute atomic E-state index is 14.7. The van der Waals surface area contributed by atoms with Crippen molar-refractivity contribution in [3.8, 4) is 16.9 Å². The van der Waals surface area contributed by atoms with Crippen molar-refractivity contribution < 1.29 is 35.5 Å². The molecule has 0 radical (unpaired) electrons. The summed E-state index contributed by atoms with van der Waals surface area (Å²) in [5.41, 5.74) is 0.135. The number of aryl methyl sites for hydroxylation is 1. The van der Waals surface area contributed by atoms with Crippen molar-refractivity contribution in [2.45, 2.75) is 51.8 Å². The molecule has 172 valence electrons. The standard InChI is InChI=1S/C24H21F7O/c1-2-3-4-5-6-7-14-10-18(25)21(19(26)11-14)15-8-9-17-16(12-15)13-20(27)23(22(17)28)32-24(29,30)31/h8-13H,2-7H2,1H3. The van der Waals surface area contributed by atoms with Gasteiger partial charge in [0.05, 0.1) is 5.56 Å². The first-order valence-electron chi connectivity index (χ1n) is 10.3. The van der Waals surface area contributed by atoms with Crippen LogP contribution in [0, 0.1) is 23.3 Å². The van der Waals surface area contributed by atoms with Crippen LogP contribution < -0.4 is 4.74 Å². The third-order valence-corrected chi connectivity index (χ3v) is 5.16. The van der Waals surface area contributed by atoms with E-state index in [-0.39, 0.29) is 21.9 Å². The summed E-state index contributed by atoms with van der Waals surface area (Å²) >= 11 is 0. The van der Waals surface area contributed by atoms with Gasteiger partial charge in [0, 0.05) is 5.39 Å². The van der Waals surface area contributed by atoms with Gasteiger partial charge in [-0.25, -0.2) is 17.6 Å². The highest BCUT2D eigenvalue weighted by Gasteiger charge is 2.34. The van der Waals surface area contributed by atoms with Crippen molar-refractivity contribution >= 4 is 10.8 Å². The molecule has 8 heteroatoms. The lowest BCUT2D eigenvalue weighted by Crippen LogP contribution is -2.19. The second-order valence-electron chi connectivity index (χ2n) is 7.58. The summed E-state index contributed by atoms with van der Waals surface area (Å²) in [5, 5.41) is -0.537. The van der Waals surface area contributed by atoms with Crippen LogP contribution in [0.2, 0.25) is 0 Å². The van der Waals surface area contributed by atoms with Crippen molar-refractivity contribution in [1.29, 1.82) is 0 Å². The average Bonchev–Trinajstić information content (AvgIpc) is 2.69. The zero-order valence-electron chi connectivity index (χ0n) is 17.3. The fraction of sp³-hybridized carbons (Fsp3) is 0.333. The summed E-state index contributed by atoms with van der Waals surface area (Å²) in [6.07, 6.45) is 0.255. The Balaban J connectivity index is 1.91. The van der Waals surface area contributed by atoms with Gasteiger partial charge in [-0.2, -0.15) is 0 Å². The molecule has 3 rings (SSSR count). The van der Waals surface area contributed by atoms with Gasteiger partial charge in [-0.15, -0.1) is 13.2 Å². The summed E-state index contributed by atoms with van der Waals surface area (Å²) in [6.45, 7) is 2.09. The quantitative estimate of drug-likeness (QED) is 0.243. The number of halogens is 7. The van der Waals surface area contributed by atoms with E-state index in [2.05, 4.69) is 11.7 Å². The summed E-state index contributed by atoms with van der Waals surface area (Å²) in [7, 11) is 0. The highest BCUT2D eigenvalue weighted by molar-refractivity contribution is 5.89. The fourth-order valence-corrected chi connectivity index (χ4v) is 3.65. The van der Waals surface area contributed by atoms with Gasteiger partial charge in [0.1, 0.15) is 11.6 Å². The lowest BCUT2D eigenvalue weighted by molar-refractivity contribution is -0.276. The molecule has 0 aromatic heterocycles. The number of hydrogen-bond donors (Lipinski definition) is 0. The molecule has 0 aliphatic carbocycles. The van der Waals surface area contributed by atoms with Gasteiger partial charge >= 0.3 is 6.36 Å². The molecule has 0 N–H and O–H groups in total. The highest BCUT2D eigenvalue weighted by Crippen LogP contribution is 2.36. The van der Waals surface area contributed by atoms with Gasteiger partial charge in [0.25, 0.3) is 0 Å². The molecule has 3 aromatic rings. The van der Waals surface area contributed by atoms with Crippen LogP contribution in [0.5, 0.6) is 5.75 Å². The topological polar surface area (TPSA) is 9.23 Å². The molecule has 0 aliphatic rings. The van der Waals surface area contributed by atoms with Crippen LogP contribution in [0.1, 0.15) is 44.6 Å². The molecule has 0 fully saturated rings. The molecule has 0 spiro atoms. The van der Waals surface area contributed by atoms with Gasteiger partial charge < -0.3 is 4.74 Å². The Morgan fingerprint density at radius 2 is 1.44 bits per heavy atom. The maximum Gasteiger partial charge on any atom is 0.573 e. The van der Waals surface area contributed by atoms with Gasteiger partial charge in [-0.1, -0.05) is 44.7 Å². The van der Waals surface area contributed by atoms with E-state index in [1.807, 2.05) is 0 Å². The third kappa shape index (κ3) is 5.53. The fourth-order valence-electron chi connectivity index (χ4n) is 3.65. The molecule has 0 bridgehead atoms.